The van der Waals surface area contributed by atoms with Crippen LogP contribution in [-0.2, 0) is 15.3 Å². The number of aryl methyl sites for hydroxylation is 1. The topological polar surface area (TPSA) is 59.5 Å². The van der Waals surface area contributed by atoms with Crippen molar-refractivity contribution in [2.75, 3.05) is 11.9 Å². The Kier molecular flexibility index (Phi) is 7.06. The van der Waals surface area contributed by atoms with Gasteiger partial charge >= 0.3 is 5.97 Å². The van der Waals surface area contributed by atoms with Gasteiger partial charge in [-0.2, -0.15) is 0 Å². The number of rotatable bonds is 7. The minimum absolute atomic E-state index is 0.283. The van der Waals surface area contributed by atoms with Gasteiger partial charge in [-0.25, -0.2) is 9.78 Å². The predicted octanol–water partition coefficient (Wildman–Crippen LogP) is 4.95. The van der Waals surface area contributed by atoms with Crippen LogP contribution in [0.25, 0.3) is 0 Å². The highest BCUT2D eigenvalue weighted by atomic mass is 32.2. The summed E-state index contributed by atoms with van der Waals surface area (Å²) in [6.45, 7) is 3.55. The Labute approximate surface area is 178 Å². The predicted molar refractivity (Wildman–Crippen MR) is 118 cm³/mol. The zero-order valence-electron chi connectivity index (χ0n) is 16.5. The van der Waals surface area contributed by atoms with Crippen LogP contribution in [0.5, 0.6) is 0 Å². The smallest absolute Gasteiger partial charge is 0.339 e. The van der Waals surface area contributed by atoms with Crippen LogP contribution < -0.4 is 4.90 Å². The van der Waals surface area contributed by atoms with Gasteiger partial charge in [-0.05, 0) is 37.6 Å². The van der Waals surface area contributed by atoms with Crippen LogP contribution in [0.2, 0.25) is 0 Å². The van der Waals surface area contributed by atoms with Gasteiger partial charge in [0.15, 0.2) is 6.10 Å². The van der Waals surface area contributed by atoms with Gasteiger partial charge in [0.05, 0.1) is 5.56 Å². The van der Waals surface area contributed by atoms with Crippen molar-refractivity contribution in [1.29, 1.82) is 0 Å². The summed E-state index contributed by atoms with van der Waals surface area (Å²) in [7, 11) is 1.67. The number of benzene rings is 2. The summed E-state index contributed by atoms with van der Waals surface area (Å²) in [4.78, 5) is 31.3. The van der Waals surface area contributed by atoms with E-state index in [1.807, 2.05) is 54.8 Å². The number of thiazole rings is 1. The van der Waals surface area contributed by atoms with E-state index in [4.69, 9.17) is 4.74 Å². The van der Waals surface area contributed by atoms with Gasteiger partial charge in [-0.15, -0.1) is 11.3 Å². The fourth-order valence-corrected chi connectivity index (χ4v) is 4.56. The van der Waals surface area contributed by atoms with Gasteiger partial charge in [0.2, 0.25) is 0 Å². The zero-order valence-corrected chi connectivity index (χ0v) is 18.1. The van der Waals surface area contributed by atoms with Crippen molar-refractivity contribution < 1.29 is 14.3 Å². The Morgan fingerprint density at radius 3 is 2.52 bits per heavy atom. The summed E-state index contributed by atoms with van der Waals surface area (Å²) in [5, 5.41) is 2.00. The molecule has 5 nitrogen and oxygen atoms in total. The minimum Gasteiger partial charge on any atom is -0.449 e. The number of hydrogen-bond donors (Lipinski definition) is 0. The lowest BCUT2D eigenvalue weighted by atomic mass is 10.1. The Hall–Kier alpha value is -2.64. The molecule has 0 N–H and O–H groups in total. The Balaban J connectivity index is 1.66. The van der Waals surface area contributed by atoms with E-state index in [0.29, 0.717) is 11.3 Å². The quantitative estimate of drug-likeness (QED) is 0.395. The molecule has 0 aliphatic heterocycles. The lowest BCUT2D eigenvalue weighted by molar-refractivity contribution is -0.126. The second-order valence-electron chi connectivity index (χ2n) is 6.48. The van der Waals surface area contributed by atoms with Crippen LogP contribution in [0.3, 0.4) is 0 Å². The monoisotopic (exact) mass is 426 g/mol. The Morgan fingerprint density at radius 2 is 1.83 bits per heavy atom. The lowest BCUT2D eigenvalue weighted by Gasteiger charge is -2.22. The number of carbonyl (C=O) groups excluding carboxylic acids is 2. The lowest BCUT2D eigenvalue weighted by Crippen LogP contribution is -2.37. The molecule has 29 heavy (non-hydrogen) atoms. The van der Waals surface area contributed by atoms with E-state index in [1.165, 1.54) is 4.90 Å². The molecule has 2 aromatic carbocycles. The van der Waals surface area contributed by atoms with E-state index in [9.17, 15) is 9.59 Å². The molecular weight excluding hydrogens is 404 g/mol. The van der Waals surface area contributed by atoms with Crippen LogP contribution >= 0.6 is 23.1 Å². The van der Waals surface area contributed by atoms with Crippen molar-refractivity contribution in [2.45, 2.75) is 30.0 Å². The molecule has 1 heterocycles. The summed E-state index contributed by atoms with van der Waals surface area (Å²) in [6, 6.07) is 16.6. The zero-order chi connectivity index (χ0) is 20.8. The third-order valence-corrected chi connectivity index (χ3v) is 6.48. The Bertz CT molecular complexity index is 988. The van der Waals surface area contributed by atoms with Crippen molar-refractivity contribution in [3.05, 3.63) is 76.8 Å². The van der Waals surface area contributed by atoms with Crippen molar-refractivity contribution in [1.82, 2.24) is 4.98 Å². The van der Waals surface area contributed by atoms with E-state index >= 15 is 0 Å². The molecular formula is C22H22N2O3S2. The number of nitrogens with zero attached hydrogens (tertiary/aromatic N) is 2. The molecule has 1 unspecified atom stereocenters. The molecule has 0 fully saturated rings. The number of esters is 1. The highest BCUT2D eigenvalue weighted by Crippen LogP contribution is 2.27. The van der Waals surface area contributed by atoms with Crippen LogP contribution in [0.15, 0.2) is 64.3 Å². The maximum absolute atomic E-state index is 12.7. The average molecular weight is 427 g/mol. The molecule has 0 spiro atoms. The van der Waals surface area contributed by atoms with Gasteiger partial charge in [0.25, 0.3) is 5.91 Å². The summed E-state index contributed by atoms with van der Waals surface area (Å²) in [5.41, 5.74) is 3.05. The maximum atomic E-state index is 12.7. The number of amides is 1. The van der Waals surface area contributed by atoms with Crippen molar-refractivity contribution in [3.8, 4) is 0 Å². The molecule has 0 aliphatic carbocycles. The summed E-state index contributed by atoms with van der Waals surface area (Å²) < 4.78 is 6.44. The summed E-state index contributed by atoms with van der Waals surface area (Å²) in [5.74, 6) is -0.182. The number of anilines is 1. The van der Waals surface area contributed by atoms with E-state index < -0.39 is 12.1 Å². The number of ether oxygens (including phenoxy) is 1. The van der Waals surface area contributed by atoms with Gasteiger partial charge in [0.1, 0.15) is 4.34 Å². The maximum Gasteiger partial charge on any atom is 0.339 e. The van der Waals surface area contributed by atoms with E-state index in [-0.39, 0.29) is 5.91 Å². The molecule has 7 heteroatoms. The SMILES string of the molecule is Cc1csc(SCc2ccccc2C(=O)OC(C)C(=O)N(C)c2ccccc2)n1. The number of hydrogen-bond acceptors (Lipinski definition) is 6. The fourth-order valence-electron chi connectivity index (χ4n) is 2.71. The normalized spacial score (nSPS) is 11.7. The van der Waals surface area contributed by atoms with Gasteiger partial charge in [-0.3, -0.25) is 4.79 Å². The molecule has 0 saturated carbocycles. The number of para-hydroxylation sites is 1. The number of carbonyl (C=O) groups is 2. The molecule has 3 rings (SSSR count). The first-order valence-corrected chi connectivity index (χ1v) is 11.0. The number of thioether (sulfide) groups is 1. The molecule has 1 aromatic heterocycles. The minimum atomic E-state index is -0.893. The molecule has 0 aliphatic rings. The third-order valence-electron chi connectivity index (χ3n) is 4.29. The van der Waals surface area contributed by atoms with E-state index in [1.54, 1.807) is 49.2 Å². The first-order chi connectivity index (χ1) is 14.0. The first kappa shape index (κ1) is 21.1. The summed E-state index contributed by atoms with van der Waals surface area (Å²) in [6.07, 6.45) is -0.893. The van der Waals surface area contributed by atoms with E-state index in [2.05, 4.69) is 4.98 Å². The number of likely N-dealkylation sites (N-methyl/N-ethyl adjacent to an activating group) is 1. The molecule has 0 bridgehead atoms. The summed E-state index contributed by atoms with van der Waals surface area (Å²) >= 11 is 3.16. The molecule has 0 saturated heterocycles. The standard InChI is InChI=1S/C22H22N2O3S2/c1-15-13-28-22(23-15)29-14-17-9-7-8-12-19(17)21(26)27-16(2)20(25)24(3)18-10-5-4-6-11-18/h4-13,16H,14H2,1-3H3. The van der Waals surface area contributed by atoms with Crippen LogP contribution in [0.4, 0.5) is 5.69 Å². The molecule has 1 amide bonds. The van der Waals surface area contributed by atoms with Crippen LogP contribution in [-0.4, -0.2) is 30.0 Å². The second kappa shape index (κ2) is 9.71. The first-order valence-electron chi connectivity index (χ1n) is 9.12. The molecule has 3 aromatic rings. The van der Waals surface area contributed by atoms with E-state index in [0.717, 1.165) is 21.3 Å². The van der Waals surface area contributed by atoms with Crippen molar-refractivity contribution >= 4 is 40.7 Å². The van der Waals surface area contributed by atoms with Gasteiger partial charge in [0, 0.05) is 29.6 Å². The van der Waals surface area contributed by atoms with Gasteiger partial charge < -0.3 is 9.64 Å². The Morgan fingerprint density at radius 1 is 1.14 bits per heavy atom. The second-order valence-corrected chi connectivity index (χ2v) is 8.56. The van der Waals surface area contributed by atoms with Crippen LogP contribution in [0, 0.1) is 6.92 Å². The fraction of sp³-hybridized carbons (Fsp3) is 0.227. The van der Waals surface area contributed by atoms with Gasteiger partial charge in [-0.1, -0.05) is 48.2 Å². The highest BCUT2D eigenvalue weighted by molar-refractivity contribution is 8.00. The molecule has 0 radical (unpaired) electrons. The molecule has 150 valence electrons. The third kappa shape index (κ3) is 5.46. The highest BCUT2D eigenvalue weighted by Gasteiger charge is 2.24. The van der Waals surface area contributed by atoms with Crippen LogP contribution in [0.1, 0.15) is 28.5 Å². The molecule has 1 atom stereocenters. The number of aromatic nitrogens is 1. The van der Waals surface area contributed by atoms with Crippen molar-refractivity contribution in [2.24, 2.45) is 0 Å². The largest absolute Gasteiger partial charge is 0.449 e. The van der Waals surface area contributed by atoms with Crippen molar-refractivity contribution in [3.63, 3.8) is 0 Å². The average Bonchev–Trinajstić information content (AvgIpc) is 3.17.